The lowest BCUT2D eigenvalue weighted by molar-refractivity contribution is -0.908. The quantitative estimate of drug-likeness (QED) is 0.776. The fraction of sp³-hybridized carbons (Fsp3) is 0.294. The van der Waals surface area contributed by atoms with E-state index in [-0.39, 0.29) is 5.56 Å². The first-order valence-corrected chi connectivity index (χ1v) is 8.38. The first kappa shape index (κ1) is 14.9. The Morgan fingerprint density at radius 1 is 1.18 bits per heavy atom. The zero-order valence-corrected chi connectivity index (χ0v) is 13.7. The van der Waals surface area contributed by atoms with Crippen molar-refractivity contribution >= 4 is 16.3 Å². The number of aromatic nitrogens is 2. The van der Waals surface area contributed by atoms with E-state index in [9.17, 15) is 4.79 Å². The molecule has 0 spiro atoms. The monoisotopic (exact) mass is 314 g/mol. The maximum Gasteiger partial charge on any atom is 0.258 e. The molecule has 1 unspecified atom stereocenters. The van der Waals surface area contributed by atoms with E-state index < -0.39 is 0 Å². The predicted octanol–water partition coefficient (Wildman–Crippen LogP) is 1.53. The van der Waals surface area contributed by atoms with Crippen LogP contribution in [0.4, 0.5) is 0 Å². The van der Waals surface area contributed by atoms with Crippen LogP contribution in [0.1, 0.15) is 23.7 Å². The third kappa shape index (κ3) is 3.26. The van der Waals surface area contributed by atoms with Gasteiger partial charge in [-0.15, -0.1) is 11.3 Å². The molecule has 0 amide bonds. The Bertz CT molecular complexity index is 820. The van der Waals surface area contributed by atoms with Crippen LogP contribution in [0.25, 0.3) is 4.96 Å². The number of benzene rings is 1. The van der Waals surface area contributed by atoms with Gasteiger partial charge in [0.25, 0.3) is 5.56 Å². The molecule has 0 saturated heterocycles. The smallest absolute Gasteiger partial charge is 0.258 e. The largest absolute Gasteiger partial charge is 0.329 e. The van der Waals surface area contributed by atoms with Gasteiger partial charge in [-0.05, 0) is 12.0 Å². The molecule has 0 bridgehead atoms. The van der Waals surface area contributed by atoms with Gasteiger partial charge in [0.1, 0.15) is 18.8 Å². The van der Waals surface area contributed by atoms with Crippen molar-refractivity contribution < 1.29 is 4.90 Å². The Labute approximate surface area is 133 Å². The van der Waals surface area contributed by atoms with Crippen molar-refractivity contribution in [2.75, 3.05) is 7.05 Å². The molecular formula is C17H20N3OS+. The number of aryl methyl sites for hydroxylation is 1. The van der Waals surface area contributed by atoms with Gasteiger partial charge in [0.15, 0.2) is 4.96 Å². The van der Waals surface area contributed by atoms with Gasteiger partial charge < -0.3 is 4.90 Å². The van der Waals surface area contributed by atoms with E-state index in [1.807, 2.05) is 5.38 Å². The van der Waals surface area contributed by atoms with Crippen molar-refractivity contribution in [2.45, 2.75) is 26.4 Å². The number of nitrogens with one attached hydrogen (secondary N) is 1. The van der Waals surface area contributed by atoms with Gasteiger partial charge in [0.2, 0.25) is 0 Å². The maximum atomic E-state index is 12.0. The highest BCUT2D eigenvalue weighted by Gasteiger charge is 2.09. The van der Waals surface area contributed by atoms with E-state index in [2.05, 4.69) is 43.2 Å². The lowest BCUT2D eigenvalue weighted by atomic mass is 10.1. The number of hydrogen-bond donors (Lipinski definition) is 1. The molecule has 0 radical (unpaired) electrons. The van der Waals surface area contributed by atoms with Crippen LogP contribution in [0.3, 0.4) is 0 Å². The average molecular weight is 314 g/mol. The fourth-order valence-electron chi connectivity index (χ4n) is 2.59. The number of quaternary nitrogens is 1. The molecule has 0 aliphatic heterocycles. The van der Waals surface area contributed by atoms with Crippen molar-refractivity contribution in [3.63, 3.8) is 0 Å². The van der Waals surface area contributed by atoms with Crippen LogP contribution >= 0.6 is 11.3 Å². The second-order valence-corrected chi connectivity index (χ2v) is 6.50. The van der Waals surface area contributed by atoms with Gasteiger partial charge in [-0.1, -0.05) is 31.2 Å². The summed E-state index contributed by atoms with van der Waals surface area (Å²) in [7, 11) is 2.13. The summed E-state index contributed by atoms with van der Waals surface area (Å²) in [5, 5.41) is 1.89. The van der Waals surface area contributed by atoms with Crippen LogP contribution in [-0.2, 0) is 19.5 Å². The van der Waals surface area contributed by atoms with Gasteiger partial charge in [-0.25, -0.2) is 4.98 Å². The molecule has 22 heavy (non-hydrogen) atoms. The molecule has 0 aliphatic carbocycles. The second kappa shape index (κ2) is 6.42. The molecule has 1 atom stereocenters. The molecule has 2 heterocycles. The molecule has 2 aromatic heterocycles. The van der Waals surface area contributed by atoms with E-state index in [0.717, 1.165) is 30.2 Å². The SMILES string of the molecule is CCc1ccc(C[NH+](C)Cc2cc(=O)n3ccsc3n2)cc1. The summed E-state index contributed by atoms with van der Waals surface area (Å²) < 4.78 is 1.59. The summed E-state index contributed by atoms with van der Waals surface area (Å²) in [6.07, 6.45) is 2.84. The highest BCUT2D eigenvalue weighted by atomic mass is 32.1. The summed E-state index contributed by atoms with van der Waals surface area (Å²) in [5.41, 5.74) is 3.53. The first-order valence-electron chi connectivity index (χ1n) is 7.50. The van der Waals surface area contributed by atoms with Crippen molar-refractivity contribution in [3.8, 4) is 0 Å². The highest BCUT2D eigenvalue weighted by molar-refractivity contribution is 7.15. The van der Waals surface area contributed by atoms with Crippen LogP contribution in [-0.4, -0.2) is 16.4 Å². The Kier molecular flexibility index (Phi) is 4.36. The maximum absolute atomic E-state index is 12.0. The average Bonchev–Trinajstić information content (AvgIpc) is 2.97. The molecule has 1 aromatic carbocycles. The zero-order chi connectivity index (χ0) is 15.5. The number of thiazole rings is 1. The minimum Gasteiger partial charge on any atom is -0.329 e. The van der Waals surface area contributed by atoms with Crippen LogP contribution < -0.4 is 10.5 Å². The normalized spacial score (nSPS) is 12.6. The Morgan fingerprint density at radius 2 is 1.91 bits per heavy atom. The lowest BCUT2D eigenvalue weighted by Gasteiger charge is -2.13. The third-order valence-electron chi connectivity index (χ3n) is 3.78. The Balaban J connectivity index is 1.71. The minimum atomic E-state index is 0.00125. The molecule has 0 aliphatic rings. The van der Waals surface area contributed by atoms with E-state index in [0.29, 0.717) is 0 Å². The van der Waals surface area contributed by atoms with Gasteiger partial charge >= 0.3 is 0 Å². The number of hydrogen-bond acceptors (Lipinski definition) is 3. The van der Waals surface area contributed by atoms with E-state index in [4.69, 9.17) is 0 Å². The summed E-state index contributed by atoms with van der Waals surface area (Å²) in [4.78, 5) is 18.6. The fourth-order valence-corrected chi connectivity index (χ4v) is 3.33. The first-order chi connectivity index (χ1) is 10.7. The molecule has 1 N–H and O–H groups in total. The van der Waals surface area contributed by atoms with E-state index in [1.54, 1.807) is 16.7 Å². The van der Waals surface area contributed by atoms with Gasteiger partial charge in [-0.3, -0.25) is 9.20 Å². The second-order valence-electron chi connectivity index (χ2n) is 5.62. The van der Waals surface area contributed by atoms with Gasteiger partial charge in [0.05, 0.1) is 7.05 Å². The summed E-state index contributed by atoms with van der Waals surface area (Å²) in [6, 6.07) is 10.4. The lowest BCUT2D eigenvalue weighted by Crippen LogP contribution is -3.06. The topological polar surface area (TPSA) is 38.8 Å². The molecule has 0 saturated carbocycles. The molecule has 4 nitrogen and oxygen atoms in total. The summed E-state index contributed by atoms with van der Waals surface area (Å²) in [6.45, 7) is 3.84. The van der Waals surface area contributed by atoms with Crippen molar-refractivity contribution in [1.29, 1.82) is 0 Å². The molecule has 0 fully saturated rings. The highest BCUT2D eigenvalue weighted by Crippen LogP contribution is 2.06. The minimum absolute atomic E-state index is 0.00125. The number of nitrogens with zero attached hydrogens (tertiary/aromatic N) is 2. The van der Waals surface area contributed by atoms with Gasteiger partial charge in [0, 0.05) is 23.2 Å². The molecule has 3 aromatic rings. The van der Waals surface area contributed by atoms with Crippen LogP contribution in [0.15, 0.2) is 46.7 Å². The molecule has 5 heteroatoms. The Hall–Kier alpha value is -1.98. The van der Waals surface area contributed by atoms with Crippen LogP contribution in [0, 0.1) is 0 Å². The van der Waals surface area contributed by atoms with E-state index >= 15 is 0 Å². The van der Waals surface area contributed by atoms with Crippen LogP contribution in [0.5, 0.6) is 0 Å². The van der Waals surface area contributed by atoms with Gasteiger partial charge in [-0.2, -0.15) is 0 Å². The van der Waals surface area contributed by atoms with Crippen molar-refractivity contribution in [3.05, 3.63) is 69.1 Å². The van der Waals surface area contributed by atoms with Crippen molar-refractivity contribution in [1.82, 2.24) is 9.38 Å². The summed E-state index contributed by atoms with van der Waals surface area (Å²) in [5.74, 6) is 0. The predicted molar refractivity (Wildman–Crippen MR) is 89.5 cm³/mol. The standard InChI is InChI=1S/C17H19N3OS/c1-3-13-4-6-14(7-5-13)11-19(2)12-15-10-16(21)20-8-9-22-17(20)18-15/h4-10H,3,11-12H2,1-2H3/p+1. The zero-order valence-electron chi connectivity index (χ0n) is 12.9. The number of fused-ring (bicyclic) bond motifs is 1. The molecule has 114 valence electrons. The van der Waals surface area contributed by atoms with Crippen LogP contribution in [0.2, 0.25) is 0 Å². The molecule has 3 rings (SSSR count). The number of rotatable bonds is 5. The third-order valence-corrected chi connectivity index (χ3v) is 4.53. The van der Waals surface area contributed by atoms with E-state index in [1.165, 1.54) is 27.4 Å². The van der Waals surface area contributed by atoms with Crippen molar-refractivity contribution in [2.24, 2.45) is 0 Å². The molecular weight excluding hydrogens is 294 g/mol. The Morgan fingerprint density at radius 3 is 2.64 bits per heavy atom. The summed E-state index contributed by atoms with van der Waals surface area (Å²) >= 11 is 1.49.